The minimum Gasteiger partial charge on any atom is -0.378 e. The van der Waals surface area contributed by atoms with Gasteiger partial charge in [-0.2, -0.15) is 0 Å². The van der Waals surface area contributed by atoms with E-state index in [1.165, 1.54) is 16.5 Å². The quantitative estimate of drug-likeness (QED) is 0.876. The highest BCUT2D eigenvalue weighted by molar-refractivity contribution is 5.83. The van der Waals surface area contributed by atoms with Crippen molar-refractivity contribution in [3.8, 4) is 0 Å². The zero-order valence-corrected chi connectivity index (χ0v) is 12.2. The molecule has 0 radical (unpaired) electrons. The number of hydrogen-bond donors (Lipinski definition) is 2. The molecule has 2 atom stereocenters. The van der Waals surface area contributed by atoms with Crippen molar-refractivity contribution in [2.45, 2.75) is 44.8 Å². The van der Waals surface area contributed by atoms with Gasteiger partial charge in [-0.1, -0.05) is 25.1 Å². The Balaban J connectivity index is 1.52. The second-order valence-corrected chi connectivity index (χ2v) is 5.69. The van der Waals surface area contributed by atoms with Crippen molar-refractivity contribution in [2.75, 3.05) is 13.2 Å². The molecule has 1 aromatic heterocycles. The molecule has 1 fully saturated rings. The Morgan fingerprint density at radius 3 is 3.15 bits per heavy atom. The van der Waals surface area contributed by atoms with Crippen molar-refractivity contribution >= 4 is 10.9 Å². The average Bonchev–Trinajstić information content (AvgIpc) is 2.91. The van der Waals surface area contributed by atoms with Gasteiger partial charge in [0.05, 0.1) is 6.10 Å². The molecule has 0 saturated carbocycles. The molecule has 108 valence electrons. The van der Waals surface area contributed by atoms with Crippen molar-refractivity contribution in [1.29, 1.82) is 0 Å². The van der Waals surface area contributed by atoms with Gasteiger partial charge in [0.25, 0.3) is 0 Å². The van der Waals surface area contributed by atoms with Crippen LogP contribution >= 0.6 is 0 Å². The number of benzene rings is 1. The molecular formula is C17H24N2O. The monoisotopic (exact) mass is 272 g/mol. The van der Waals surface area contributed by atoms with E-state index in [0.29, 0.717) is 12.1 Å². The van der Waals surface area contributed by atoms with Crippen LogP contribution in [-0.2, 0) is 11.2 Å². The van der Waals surface area contributed by atoms with Gasteiger partial charge in [0, 0.05) is 29.7 Å². The van der Waals surface area contributed by atoms with Crippen molar-refractivity contribution in [3.05, 3.63) is 36.0 Å². The fraction of sp³-hybridized carbons (Fsp3) is 0.529. The van der Waals surface area contributed by atoms with Gasteiger partial charge in [-0.3, -0.25) is 0 Å². The summed E-state index contributed by atoms with van der Waals surface area (Å²) in [5, 5.41) is 5.05. The molecule has 20 heavy (non-hydrogen) atoms. The zero-order chi connectivity index (χ0) is 13.8. The lowest BCUT2D eigenvalue weighted by Crippen LogP contribution is -2.39. The molecule has 1 aromatic carbocycles. The van der Waals surface area contributed by atoms with E-state index in [2.05, 4.69) is 47.7 Å². The van der Waals surface area contributed by atoms with Crippen LogP contribution in [0.2, 0.25) is 0 Å². The predicted octanol–water partition coefficient (Wildman–Crippen LogP) is 3.26. The number of nitrogens with one attached hydrogen (secondary N) is 2. The fourth-order valence-electron chi connectivity index (χ4n) is 3.10. The molecule has 0 aliphatic carbocycles. The van der Waals surface area contributed by atoms with Crippen LogP contribution in [0.1, 0.15) is 31.7 Å². The molecule has 1 aliphatic heterocycles. The third kappa shape index (κ3) is 3.05. The molecular weight excluding hydrogens is 248 g/mol. The van der Waals surface area contributed by atoms with Crippen LogP contribution in [0.25, 0.3) is 10.9 Å². The first kappa shape index (κ1) is 13.7. The van der Waals surface area contributed by atoms with Crippen LogP contribution in [0.3, 0.4) is 0 Å². The van der Waals surface area contributed by atoms with Crippen molar-refractivity contribution in [2.24, 2.45) is 0 Å². The van der Waals surface area contributed by atoms with Gasteiger partial charge in [-0.15, -0.1) is 0 Å². The summed E-state index contributed by atoms with van der Waals surface area (Å²) in [6, 6.07) is 9.14. The minimum absolute atomic E-state index is 0.453. The summed E-state index contributed by atoms with van der Waals surface area (Å²) in [6.07, 6.45) is 7.10. The third-order valence-electron chi connectivity index (χ3n) is 4.32. The highest BCUT2D eigenvalue weighted by atomic mass is 16.5. The number of hydrogen-bond acceptors (Lipinski definition) is 2. The van der Waals surface area contributed by atoms with Crippen LogP contribution in [-0.4, -0.2) is 30.3 Å². The van der Waals surface area contributed by atoms with Crippen molar-refractivity contribution in [3.63, 3.8) is 0 Å². The maximum absolute atomic E-state index is 5.72. The number of aromatic nitrogens is 1. The number of ether oxygens (including phenoxy) is 1. The number of H-pyrrole nitrogens is 1. The van der Waals surface area contributed by atoms with Gasteiger partial charge >= 0.3 is 0 Å². The van der Waals surface area contributed by atoms with Gasteiger partial charge in [0.1, 0.15) is 0 Å². The third-order valence-corrected chi connectivity index (χ3v) is 4.32. The second kappa shape index (κ2) is 6.42. The molecule has 0 amide bonds. The molecule has 3 nitrogen and oxygen atoms in total. The van der Waals surface area contributed by atoms with E-state index in [1.54, 1.807) is 0 Å². The molecule has 3 heteroatoms. The molecule has 2 heterocycles. The van der Waals surface area contributed by atoms with E-state index < -0.39 is 0 Å². The first-order valence-corrected chi connectivity index (χ1v) is 7.76. The molecule has 2 N–H and O–H groups in total. The van der Waals surface area contributed by atoms with E-state index in [4.69, 9.17) is 4.74 Å². The molecule has 2 aromatic rings. The number of aromatic amines is 1. The van der Waals surface area contributed by atoms with Gasteiger partial charge in [-0.25, -0.2) is 0 Å². The van der Waals surface area contributed by atoms with E-state index in [9.17, 15) is 0 Å². The summed E-state index contributed by atoms with van der Waals surface area (Å²) in [4.78, 5) is 3.35. The lowest BCUT2D eigenvalue weighted by molar-refractivity contribution is 0.000119. The summed E-state index contributed by atoms with van der Waals surface area (Å²) in [5.74, 6) is 0. The normalized spacial score (nSPS) is 23.2. The van der Waals surface area contributed by atoms with Crippen LogP contribution in [0.4, 0.5) is 0 Å². The van der Waals surface area contributed by atoms with E-state index in [1.807, 2.05) is 0 Å². The SMILES string of the molecule is CCC1CC(NCCc2c[nH]c3ccccc23)CCO1. The van der Waals surface area contributed by atoms with Crippen LogP contribution in [0.5, 0.6) is 0 Å². The summed E-state index contributed by atoms with van der Waals surface area (Å²) >= 11 is 0. The van der Waals surface area contributed by atoms with Crippen molar-refractivity contribution < 1.29 is 4.74 Å². The molecule has 2 unspecified atom stereocenters. The van der Waals surface area contributed by atoms with E-state index in [-0.39, 0.29) is 0 Å². The summed E-state index contributed by atoms with van der Waals surface area (Å²) in [5.41, 5.74) is 2.65. The largest absolute Gasteiger partial charge is 0.378 e. The second-order valence-electron chi connectivity index (χ2n) is 5.69. The topological polar surface area (TPSA) is 37.0 Å². The Hall–Kier alpha value is -1.32. The summed E-state index contributed by atoms with van der Waals surface area (Å²) < 4.78 is 5.72. The lowest BCUT2D eigenvalue weighted by atomic mass is 10.0. The first-order valence-electron chi connectivity index (χ1n) is 7.76. The van der Waals surface area contributed by atoms with Crippen LogP contribution in [0, 0.1) is 0 Å². The molecule has 1 aliphatic rings. The minimum atomic E-state index is 0.453. The van der Waals surface area contributed by atoms with E-state index in [0.717, 1.165) is 38.8 Å². The van der Waals surface area contributed by atoms with Crippen LogP contribution in [0.15, 0.2) is 30.5 Å². The predicted molar refractivity (Wildman–Crippen MR) is 83.1 cm³/mol. The Kier molecular flexibility index (Phi) is 4.38. The van der Waals surface area contributed by atoms with E-state index >= 15 is 0 Å². The highest BCUT2D eigenvalue weighted by Crippen LogP contribution is 2.19. The Bertz CT molecular complexity index is 549. The first-order chi connectivity index (χ1) is 9.86. The Morgan fingerprint density at radius 1 is 1.35 bits per heavy atom. The Morgan fingerprint density at radius 2 is 2.25 bits per heavy atom. The molecule has 1 saturated heterocycles. The zero-order valence-electron chi connectivity index (χ0n) is 12.2. The Labute approximate surface area is 120 Å². The smallest absolute Gasteiger partial charge is 0.0587 e. The molecule has 3 rings (SSSR count). The maximum Gasteiger partial charge on any atom is 0.0587 e. The average molecular weight is 272 g/mol. The highest BCUT2D eigenvalue weighted by Gasteiger charge is 2.20. The lowest BCUT2D eigenvalue weighted by Gasteiger charge is -2.29. The van der Waals surface area contributed by atoms with Gasteiger partial charge < -0.3 is 15.0 Å². The fourth-order valence-corrected chi connectivity index (χ4v) is 3.10. The van der Waals surface area contributed by atoms with Crippen LogP contribution < -0.4 is 5.32 Å². The van der Waals surface area contributed by atoms with Gasteiger partial charge in [0.15, 0.2) is 0 Å². The number of fused-ring (bicyclic) bond motifs is 1. The number of para-hydroxylation sites is 1. The molecule has 0 spiro atoms. The number of rotatable bonds is 5. The van der Waals surface area contributed by atoms with Gasteiger partial charge in [-0.05, 0) is 43.9 Å². The van der Waals surface area contributed by atoms with Crippen molar-refractivity contribution in [1.82, 2.24) is 10.3 Å². The maximum atomic E-state index is 5.72. The van der Waals surface area contributed by atoms with Gasteiger partial charge in [0.2, 0.25) is 0 Å². The summed E-state index contributed by atoms with van der Waals surface area (Å²) in [7, 11) is 0. The summed E-state index contributed by atoms with van der Waals surface area (Å²) in [6.45, 7) is 4.16. The standard InChI is InChI=1S/C17H24N2O/c1-2-15-11-14(8-10-20-15)18-9-7-13-12-19-17-6-4-3-5-16(13)17/h3-6,12,14-15,18-19H,2,7-11H2,1H3. The molecule has 0 bridgehead atoms.